The molecule has 1 aromatic heterocycles. The zero-order valence-electron chi connectivity index (χ0n) is 9.45. The van der Waals surface area contributed by atoms with E-state index in [0.29, 0.717) is 43.3 Å². The SMILES string of the molecule is Nc1cc2oc(-c3cc(Cl)cc(Cl)c3)nc2cc1Cl. The summed E-state index contributed by atoms with van der Waals surface area (Å²) in [6, 6.07) is 8.39. The first kappa shape index (κ1) is 12.6. The van der Waals surface area contributed by atoms with Crippen molar-refractivity contribution in [2.75, 3.05) is 5.73 Å². The summed E-state index contributed by atoms with van der Waals surface area (Å²) in [5, 5.41) is 1.47. The van der Waals surface area contributed by atoms with Gasteiger partial charge < -0.3 is 10.2 Å². The third-order valence-corrected chi connectivity index (χ3v) is 3.38. The van der Waals surface area contributed by atoms with E-state index in [4.69, 9.17) is 45.0 Å². The molecule has 0 spiro atoms. The molecular weight excluding hydrogens is 307 g/mol. The Morgan fingerprint density at radius 3 is 2.32 bits per heavy atom. The minimum absolute atomic E-state index is 0.418. The average molecular weight is 314 g/mol. The van der Waals surface area contributed by atoms with E-state index in [1.54, 1.807) is 30.3 Å². The molecule has 0 aliphatic heterocycles. The van der Waals surface area contributed by atoms with Crippen LogP contribution in [-0.4, -0.2) is 4.98 Å². The number of aromatic nitrogens is 1. The second-order valence-corrected chi connectivity index (χ2v) is 5.30. The Bertz CT molecular complexity index is 724. The molecule has 0 bridgehead atoms. The van der Waals surface area contributed by atoms with Gasteiger partial charge in [0.15, 0.2) is 5.58 Å². The minimum atomic E-state index is 0.418. The second-order valence-electron chi connectivity index (χ2n) is 4.02. The average Bonchev–Trinajstić information content (AvgIpc) is 2.71. The molecule has 2 aromatic carbocycles. The van der Waals surface area contributed by atoms with E-state index in [1.165, 1.54) is 0 Å². The lowest BCUT2D eigenvalue weighted by molar-refractivity contribution is 0.620. The largest absolute Gasteiger partial charge is 0.436 e. The van der Waals surface area contributed by atoms with Gasteiger partial charge in [0, 0.05) is 21.7 Å². The molecule has 0 aliphatic rings. The van der Waals surface area contributed by atoms with Crippen molar-refractivity contribution in [3.63, 3.8) is 0 Å². The fourth-order valence-corrected chi connectivity index (χ4v) is 2.45. The number of rotatable bonds is 1. The van der Waals surface area contributed by atoms with Crippen molar-refractivity contribution in [1.82, 2.24) is 4.98 Å². The molecule has 96 valence electrons. The van der Waals surface area contributed by atoms with Gasteiger partial charge in [-0.3, -0.25) is 0 Å². The predicted octanol–water partition coefficient (Wildman–Crippen LogP) is 5.04. The Kier molecular flexibility index (Phi) is 3.05. The molecule has 3 rings (SSSR count). The zero-order valence-corrected chi connectivity index (χ0v) is 11.7. The van der Waals surface area contributed by atoms with Crippen LogP contribution in [0.5, 0.6) is 0 Å². The number of nitrogens with two attached hydrogens (primary N) is 1. The summed E-state index contributed by atoms with van der Waals surface area (Å²) in [5.74, 6) is 0.418. The number of fused-ring (bicyclic) bond motifs is 1. The van der Waals surface area contributed by atoms with Gasteiger partial charge in [0.2, 0.25) is 5.89 Å². The number of anilines is 1. The van der Waals surface area contributed by atoms with Crippen LogP contribution in [-0.2, 0) is 0 Å². The molecular formula is C13H7Cl3N2O. The van der Waals surface area contributed by atoms with Crippen LogP contribution in [0.25, 0.3) is 22.6 Å². The van der Waals surface area contributed by atoms with E-state index in [1.807, 2.05) is 0 Å². The Labute approximate surface area is 123 Å². The Morgan fingerprint density at radius 1 is 0.947 bits per heavy atom. The van der Waals surface area contributed by atoms with Crippen LogP contribution in [0.15, 0.2) is 34.7 Å². The van der Waals surface area contributed by atoms with E-state index >= 15 is 0 Å². The maximum atomic E-state index is 5.95. The highest BCUT2D eigenvalue weighted by Crippen LogP contribution is 2.32. The van der Waals surface area contributed by atoms with Crippen molar-refractivity contribution in [2.45, 2.75) is 0 Å². The van der Waals surface area contributed by atoms with Gasteiger partial charge >= 0.3 is 0 Å². The van der Waals surface area contributed by atoms with Crippen molar-refractivity contribution in [2.24, 2.45) is 0 Å². The minimum Gasteiger partial charge on any atom is -0.436 e. The first-order chi connectivity index (χ1) is 9.02. The third kappa shape index (κ3) is 2.37. The summed E-state index contributed by atoms with van der Waals surface area (Å²) in [4.78, 5) is 4.34. The molecule has 0 saturated heterocycles. The van der Waals surface area contributed by atoms with Crippen LogP contribution in [0, 0.1) is 0 Å². The molecule has 0 fully saturated rings. The van der Waals surface area contributed by atoms with E-state index in [0.717, 1.165) is 0 Å². The number of benzene rings is 2. The molecule has 3 aromatic rings. The van der Waals surface area contributed by atoms with Crippen molar-refractivity contribution in [1.29, 1.82) is 0 Å². The van der Waals surface area contributed by atoms with E-state index in [9.17, 15) is 0 Å². The molecule has 1 heterocycles. The predicted molar refractivity (Wildman–Crippen MR) is 78.9 cm³/mol. The number of oxazole rings is 1. The van der Waals surface area contributed by atoms with Gasteiger partial charge in [0.25, 0.3) is 0 Å². The van der Waals surface area contributed by atoms with Crippen molar-refractivity contribution in [3.05, 3.63) is 45.4 Å². The molecule has 0 radical (unpaired) electrons. The summed E-state index contributed by atoms with van der Waals surface area (Å²) in [7, 11) is 0. The van der Waals surface area contributed by atoms with Crippen LogP contribution in [0.2, 0.25) is 15.1 Å². The molecule has 6 heteroatoms. The first-order valence-corrected chi connectivity index (χ1v) is 6.48. The maximum absolute atomic E-state index is 5.95. The van der Waals surface area contributed by atoms with Crippen LogP contribution >= 0.6 is 34.8 Å². The standard InChI is InChI=1S/C13H7Cl3N2O/c14-7-1-6(2-8(15)3-7)13-18-11-4-9(16)10(17)5-12(11)19-13/h1-5H,17H2. The Morgan fingerprint density at radius 2 is 1.63 bits per heavy atom. The molecule has 19 heavy (non-hydrogen) atoms. The maximum Gasteiger partial charge on any atom is 0.227 e. The molecule has 0 amide bonds. The second kappa shape index (κ2) is 4.60. The highest BCUT2D eigenvalue weighted by atomic mass is 35.5. The molecule has 0 atom stereocenters. The monoisotopic (exact) mass is 312 g/mol. The molecule has 0 saturated carbocycles. The van der Waals surface area contributed by atoms with Gasteiger partial charge in [0.05, 0.1) is 10.7 Å². The summed E-state index contributed by atoms with van der Waals surface area (Å²) >= 11 is 17.9. The van der Waals surface area contributed by atoms with Crippen molar-refractivity contribution in [3.8, 4) is 11.5 Å². The Hall–Kier alpha value is -1.42. The first-order valence-electron chi connectivity index (χ1n) is 5.35. The van der Waals surface area contributed by atoms with Crippen molar-refractivity contribution < 1.29 is 4.42 Å². The van der Waals surface area contributed by atoms with Gasteiger partial charge in [-0.1, -0.05) is 34.8 Å². The van der Waals surface area contributed by atoms with Gasteiger partial charge in [0.1, 0.15) is 5.52 Å². The number of hydrogen-bond acceptors (Lipinski definition) is 3. The lowest BCUT2D eigenvalue weighted by atomic mass is 10.2. The quantitative estimate of drug-likeness (QED) is 0.640. The number of nitrogen functional groups attached to an aromatic ring is 1. The van der Waals surface area contributed by atoms with E-state index < -0.39 is 0 Å². The van der Waals surface area contributed by atoms with Gasteiger partial charge in [-0.05, 0) is 24.3 Å². The topological polar surface area (TPSA) is 52.0 Å². The highest BCUT2D eigenvalue weighted by molar-refractivity contribution is 6.35. The molecule has 0 unspecified atom stereocenters. The number of halogens is 3. The van der Waals surface area contributed by atoms with Crippen LogP contribution in [0.1, 0.15) is 0 Å². The fraction of sp³-hybridized carbons (Fsp3) is 0. The number of hydrogen-bond donors (Lipinski definition) is 1. The zero-order chi connectivity index (χ0) is 13.6. The van der Waals surface area contributed by atoms with Crippen LogP contribution in [0.3, 0.4) is 0 Å². The van der Waals surface area contributed by atoms with Crippen molar-refractivity contribution >= 4 is 51.6 Å². The smallest absolute Gasteiger partial charge is 0.227 e. The van der Waals surface area contributed by atoms with Gasteiger partial charge in [-0.25, -0.2) is 4.98 Å². The van der Waals surface area contributed by atoms with E-state index in [-0.39, 0.29) is 0 Å². The van der Waals surface area contributed by atoms with Gasteiger partial charge in [-0.2, -0.15) is 0 Å². The summed E-state index contributed by atoms with van der Waals surface area (Å²) in [6.07, 6.45) is 0. The highest BCUT2D eigenvalue weighted by Gasteiger charge is 2.11. The molecule has 2 N–H and O–H groups in total. The third-order valence-electron chi connectivity index (χ3n) is 2.62. The summed E-state index contributed by atoms with van der Waals surface area (Å²) in [6.45, 7) is 0. The van der Waals surface area contributed by atoms with E-state index in [2.05, 4.69) is 4.98 Å². The molecule has 3 nitrogen and oxygen atoms in total. The van der Waals surface area contributed by atoms with Crippen LogP contribution < -0.4 is 5.73 Å². The lowest BCUT2D eigenvalue weighted by Gasteiger charge is -1.97. The summed E-state index contributed by atoms with van der Waals surface area (Å²) < 4.78 is 5.63. The van der Waals surface area contributed by atoms with Gasteiger partial charge in [-0.15, -0.1) is 0 Å². The molecule has 0 aliphatic carbocycles. The van der Waals surface area contributed by atoms with Crippen LogP contribution in [0.4, 0.5) is 5.69 Å². The number of nitrogens with zero attached hydrogens (tertiary/aromatic N) is 1. The lowest BCUT2D eigenvalue weighted by Crippen LogP contribution is -1.84. The fourth-order valence-electron chi connectivity index (χ4n) is 1.76. The normalized spacial score (nSPS) is 11.1. The Balaban J connectivity index is 2.20. The summed E-state index contributed by atoms with van der Waals surface area (Å²) in [5.41, 5.74) is 8.06.